The van der Waals surface area contributed by atoms with Crippen molar-refractivity contribution in [3.05, 3.63) is 12.2 Å². The fraction of sp³-hybridized carbons (Fsp3) is 0.857. The van der Waals surface area contributed by atoms with Gasteiger partial charge in [0.25, 0.3) is 0 Å². The van der Waals surface area contributed by atoms with Gasteiger partial charge in [0.15, 0.2) is 0 Å². The summed E-state index contributed by atoms with van der Waals surface area (Å²) in [6, 6.07) is 0. The van der Waals surface area contributed by atoms with Gasteiger partial charge in [0, 0.05) is 13.2 Å². The number of hydrogen-bond donors (Lipinski definition) is 2. The second-order valence-corrected chi connectivity index (χ2v) is 5.77. The molecule has 0 fully saturated rings. The molecule has 1 rings (SSSR count). The third-order valence-corrected chi connectivity index (χ3v) is 3.43. The summed E-state index contributed by atoms with van der Waals surface area (Å²) in [6.45, 7) is 7.07. The Balaban J connectivity index is 2.11. The molecule has 0 radical (unpaired) electrons. The topological polar surface area (TPSA) is 32.3 Å². The van der Waals surface area contributed by atoms with Crippen molar-refractivity contribution < 1.29 is 5.11 Å². The Morgan fingerprint density at radius 1 is 1.38 bits per heavy atom. The van der Waals surface area contributed by atoms with Crippen molar-refractivity contribution in [2.75, 3.05) is 19.7 Å². The number of aliphatic hydroxyl groups is 1. The zero-order chi connectivity index (χ0) is 11.9. The van der Waals surface area contributed by atoms with Crippen LogP contribution in [0.4, 0.5) is 0 Å². The van der Waals surface area contributed by atoms with Crippen molar-refractivity contribution in [3.8, 4) is 0 Å². The van der Waals surface area contributed by atoms with Gasteiger partial charge in [-0.3, -0.25) is 0 Å². The van der Waals surface area contributed by atoms with E-state index >= 15 is 0 Å². The van der Waals surface area contributed by atoms with Crippen LogP contribution in [0.5, 0.6) is 0 Å². The Kier molecular flexibility index (Phi) is 6.07. The van der Waals surface area contributed by atoms with Crippen LogP contribution < -0.4 is 5.32 Å². The van der Waals surface area contributed by atoms with Crippen LogP contribution in [0.15, 0.2) is 12.2 Å². The van der Waals surface area contributed by atoms with Gasteiger partial charge in [0.05, 0.1) is 0 Å². The molecule has 2 heteroatoms. The molecule has 1 aliphatic rings. The zero-order valence-electron chi connectivity index (χ0n) is 10.8. The van der Waals surface area contributed by atoms with Gasteiger partial charge in [0.2, 0.25) is 0 Å². The maximum Gasteiger partial charge on any atom is 0.0431 e. The van der Waals surface area contributed by atoms with Gasteiger partial charge in [-0.2, -0.15) is 0 Å². The van der Waals surface area contributed by atoms with E-state index in [1.807, 2.05) is 0 Å². The van der Waals surface area contributed by atoms with Crippen molar-refractivity contribution >= 4 is 0 Å². The first-order chi connectivity index (χ1) is 7.64. The molecule has 0 saturated carbocycles. The molecule has 1 aliphatic carbocycles. The van der Waals surface area contributed by atoms with Gasteiger partial charge >= 0.3 is 0 Å². The van der Waals surface area contributed by atoms with E-state index in [0.717, 1.165) is 31.8 Å². The average Bonchev–Trinajstić information content (AvgIpc) is 2.28. The monoisotopic (exact) mass is 225 g/mol. The van der Waals surface area contributed by atoms with Crippen LogP contribution in [-0.4, -0.2) is 24.8 Å². The van der Waals surface area contributed by atoms with Crippen LogP contribution in [0.2, 0.25) is 0 Å². The quantitative estimate of drug-likeness (QED) is 0.653. The minimum Gasteiger partial charge on any atom is -0.396 e. The molecule has 0 aromatic rings. The lowest BCUT2D eigenvalue weighted by atomic mass is 9.87. The highest BCUT2D eigenvalue weighted by molar-refractivity contribution is 4.90. The predicted molar refractivity (Wildman–Crippen MR) is 69.5 cm³/mol. The van der Waals surface area contributed by atoms with Crippen molar-refractivity contribution in [2.24, 2.45) is 11.3 Å². The summed E-state index contributed by atoms with van der Waals surface area (Å²) >= 11 is 0. The number of rotatable bonds is 7. The minimum absolute atomic E-state index is 0.313. The first-order valence-electron chi connectivity index (χ1n) is 6.61. The van der Waals surface area contributed by atoms with Crippen LogP contribution >= 0.6 is 0 Å². The maximum absolute atomic E-state index is 8.83. The van der Waals surface area contributed by atoms with E-state index in [2.05, 4.69) is 31.3 Å². The van der Waals surface area contributed by atoms with Crippen molar-refractivity contribution in [3.63, 3.8) is 0 Å². The van der Waals surface area contributed by atoms with Gasteiger partial charge in [0.1, 0.15) is 0 Å². The van der Waals surface area contributed by atoms with Gasteiger partial charge in [-0.25, -0.2) is 0 Å². The molecule has 1 atom stereocenters. The van der Waals surface area contributed by atoms with E-state index in [9.17, 15) is 0 Å². The molecular weight excluding hydrogens is 198 g/mol. The number of hydrogen-bond acceptors (Lipinski definition) is 2. The fourth-order valence-corrected chi connectivity index (χ4v) is 2.30. The lowest BCUT2D eigenvalue weighted by molar-refractivity contribution is 0.233. The van der Waals surface area contributed by atoms with E-state index in [1.54, 1.807) is 0 Å². The lowest BCUT2D eigenvalue weighted by Crippen LogP contribution is -2.33. The molecular formula is C14H27NO. The fourth-order valence-electron chi connectivity index (χ4n) is 2.30. The Morgan fingerprint density at radius 3 is 2.81 bits per heavy atom. The van der Waals surface area contributed by atoms with Gasteiger partial charge in [-0.05, 0) is 50.0 Å². The number of nitrogens with one attached hydrogen (secondary N) is 1. The lowest BCUT2D eigenvalue weighted by Gasteiger charge is -2.26. The number of aliphatic hydroxyl groups excluding tert-OH is 1. The second kappa shape index (κ2) is 7.08. The SMILES string of the molecule is CC(C)(CCCO)CNCC1CC=CCC1. The van der Waals surface area contributed by atoms with Crippen LogP contribution in [0.3, 0.4) is 0 Å². The molecule has 0 spiro atoms. The van der Waals surface area contributed by atoms with Crippen molar-refractivity contribution in [1.82, 2.24) is 5.32 Å². The maximum atomic E-state index is 8.83. The Hall–Kier alpha value is -0.340. The first-order valence-corrected chi connectivity index (χ1v) is 6.61. The summed E-state index contributed by atoms with van der Waals surface area (Å²) in [5, 5.41) is 12.4. The molecule has 16 heavy (non-hydrogen) atoms. The molecule has 94 valence electrons. The van der Waals surface area contributed by atoms with E-state index in [4.69, 9.17) is 5.11 Å². The summed E-state index contributed by atoms with van der Waals surface area (Å²) in [7, 11) is 0. The smallest absolute Gasteiger partial charge is 0.0431 e. The molecule has 2 N–H and O–H groups in total. The molecule has 1 unspecified atom stereocenters. The number of allylic oxidation sites excluding steroid dienone is 2. The van der Waals surface area contributed by atoms with Gasteiger partial charge in [-0.1, -0.05) is 26.0 Å². The molecule has 0 amide bonds. The molecule has 0 bridgehead atoms. The summed E-state index contributed by atoms with van der Waals surface area (Å²) in [5.41, 5.74) is 0.313. The summed E-state index contributed by atoms with van der Waals surface area (Å²) in [6.07, 6.45) is 10.4. The Bertz CT molecular complexity index is 211. The standard InChI is InChI=1S/C14H27NO/c1-14(2,9-6-10-16)12-15-11-13-7-4-3-5-8-13/h3-4,13,15-16H,5-12H2,1-2H3. The summed E-state index contributed by atoms with van der Waals surface area (Å²) < 4.78 is 0. The van der Waals surface area contributed by atoms with Crippen molar-refractivity contribution in [1.29, 1.82) is 0 Å². The molecule has 0 heterocycles. The minimum atomic E-state index is 0.313. The summed E-state index contributed by atoms with van der Waals surface area (Å²) in [5.74, 6) is 0.832. The van der Waals surface area contributed by atoms with E-state index in [1.165, 1.54) is 19.3 Å². The zero-order valence-corrected chi connectivity index (χ0v) is 10.8. The Labute approximate surface area is 100 Å². The van der Waals surface area contributed by atoms with E-state index in [-0.39, 0.29) is 0 Å². The molecule has 0 saturated heterocycles. The highest BCUT2D eigenvalue weighted by Crippen LogP contribution is 2.22. The second-order valence-electron chi connectivity index (χ2n) is 5.77. The van der Waals surface area contributed by atoms with E-state index < -0.39 is 0 Å². The van der Waals surface area contributed by atoms with Crippen molar-refractivity contribution in [2.45, 2.75) is 46.0 Å². The predicted octanol–water partition coefficient (Wildman–Crippen LogP) is 2.73. The largest absolute Gasteiger partial charge is 0.396 e. The Morgan fingerprint density at radius 2 is 2.19 bits per heavy atom. The third-order valence-electron chi connectivity index (χ3n) is 3.43. The van der Waals surface area contributed by atoms with Crippen LogP contribution in [-0.2, 0) is 0 Å². The molecule has 2 nitrogen and oxygen atoms in total. The molecule has 0 aromatic carbocycles. The van der Waals surface area contributed by atoms with Crippen LogP contribution in [0.1, 0.15) is 46.0 Å². The highest BCUT2D eigenvalue weighted by Gasteiger charge is 2.17. The molecule has 0 aliphatic heterocycles. The van der Waals surface area contributed by atoms with E-state index in [0.29, 0.717) is 12.0 Å². The summed E-state index contributed by atoms with van der Waals surface area (Å²) in [4.78, 5) is 0. The molecule has 0 aromatic heterocycles. The van der Waals surface area contributed by atoms with Gasteiger partial charge in [-0.15, -0.1) is 0 Å². The van der Waals surface area contributed by atoms with Crippen LogP contribution in [0.25, 0.3) is 0 Å². The highest BCUT2D eigenvalue weighted by atomic mass is 16.2. The normalized spacial score (nSPS) is 21.3. The average molecular weight is 225 g/mol. The first kappa shape index (κ1) is 13.7. The third kappa shape index (κ3) is 5.66. The van der Waals surface area contributed by atoms with Gasteiger partial charge < -0.3 is 10.4 Å². The van der Waals surface area contributed by atoms with Crippen LogP contribution in [0, 0.1) is 11.3 Å².